The van der Waals surface area contributed by atoms with Crippen molar-refractivity contribution in [3.05, 3.63) is 18.3 Å². The van der Waals surface area contributed by atoms with Gasteiger partial charge in [-0.2, -0.15) is 5.26 Å². The first-order valence-electron chi connectivity index (χ1n) is 14.0. The third-order valence-corrected chi connectivity index (χ3v) is 10.6. The van der Waals surface area contributed by atoms with E-state index in [9.17, 15) is 28.1 Å². The zero-order valence-corrected chi connectivity index (χ0v) is 23.2. The van der Waals surface area contributed by atoms with Crippen LogP contribution in [0.4, 0.5) is 5.82 Å². The number of nitrogens with zero attached hydrogens (tertiary/aromatic N) is 4. The van der Waals surface area contributed by atoms with Gasteiger partial charge in [-0.15, -0.1) is 0 Å². The second-order valence-electron chi connectivity index (χ2n) is 12.0. The van der Waals surface area contributed by atoms with Crippen molar-refractivity contribution in [1.82, 2.24) is 19.5 Å². The molecule has 4 atom stereocenters. The molecule has 3 aliphatic carbocycles. The van der Waals surface area contributed by atoms with E-state index in [2.05, 4.69) is 21.1 Å². The molecule has 4 fully saturated rings. The van der Waals surface area contributed by atoms with Crippen LogP contribution in [0.5, 0.6) is 5.75 Å². The summed E-state index contributed by atoms with van der Waals surface area (Å²) in [7, 11) is -2.08. The Morgan fingerprint density at radius 3 is 2.60 bits per heavy atom. The molecule has 5 aliphatic rings. The molecule has 40 heavy (non-hydrogen) atoms. The van der Waals surface area contributed by atoms with Crippen molar-refractivity contribution in [3.63, 3.8) is 0 Å². The Hall–Kier alpha value is -3.24. The summed E-state index contributed by atoms with van der Waals surface area (Å²) in [5.41, 5.74) is -1.45. The SMILES string of the molecule is CN(C(=O)[C@H](CC1CC1)NS(=O)(=O)C1CC1)[C@@H](CC1CC1)C(=O)N1C[C@@]2(C[C@H]1C#N)Oc1cccnc1NC2=O. The molecule has 13 heteroatoms. The number of sulfonamides is 1. The summed E-state index contributed by atoms with van der Waals surface area (Å²) in [5.74, 6) is -0.166. The number of nitriles is 1. The summed E-state index contributed by atoms with van der Waals surface area (Å²) >= 11 is 0. The standard InChI is InChI=1S/C27H34N6O6S/c1-32(24(34)20(11-16-4-5-16)31-40(37,38)19-8-9-19)21(12-17-6-7-17)25(35)33-15-27(13-18(33)14-28)26(36)30-23-22(39-27)3-2-10-29-23/h2-3,10,16-21,31H,4-9,11-13,15H2,1H3,(H,29,30,36)/t18-,20-,21-,27+/m0/s1. The number of nitrogens with one attached hydrogen (secondary N) is 2. The van der Waals surface area contributed by atoms with Gasteiger partial charge in [0.15, 0.2) is 11.6 Å². The molecule has 214 valence electrons. The molecule has 1 spiro atoms. The number of hydrogen-bond acceptors (Lipinski definition) is 8. The molecule has 1 aromatic rings. The van der Waals surface area contributed by atoms with E-state index in [1.54, 1.807) is 12.1 Å². The highest BCUT2D eigenvalue weighted by molar-refractivity contribution is 7.90. The number of likely N-dealkylation sites (tertiary alicyclic amines) is 1. The molecule has 2 aliphatic heterocycles. The normalized spacial score (nSPS) is 27.2. The first-order chi connectivity index (χ1) is 19.1. The van der Waals surface area contributed by atoms with E-state index in [0.717, 1.165) is 25.7 Å². The minimum Gasteiger partial charge on any atom is -0.472 e. The number of rotatable bonds is 10. The fraction of sp³-hybridized carbons (Fsp3) is 0.667. The summed E-state index contributed by atoms with van der Waals surface area (Å²) in [6, 6.07) is 2.72. The molecule has 1 saturated heterocycles. The van der Waals surface area contributed by atoms with Crippen LogP contribution in [-0.4, -0.2) is 83.5 Å². The third-order valence-electron chi connectivity index (χ3n) is 8.67. The van der Waals surface area contributed by atoms with Crippen molar-refractivity contribution in [1.29, 1.82) is 5.26 Å². The highest BCUT2D eigenvalue weighted by Gasteiger charge is 2.57. The zero-order chi connectivity index (χ0) is 28.2. The second kappa shape index (κ2) is 9.99. The van der Waals surface area contributed by atoms with Gasteiger partial charge in [0.2, 0.25) is 27.4 Å². The molecule has 1 aromatic heterocycles. The number of carbonyl (C=O) groups excluding carboxylic acids is 3. The van der Waals surface area contributed by atoms with E-state index in [0.29, 0.717) is 31.4 Å². The highest BCUT2D eigenvalue weighted by Crippen LogP contribution is 2.41. The highest BCUT2D eigenvalue weighted by atomic mass is 32.2. The number of aromatic nitrogens is 1. The fourth-order valence-electron chi connectivity index (χ4n) is 5.75. The first kappa shape index (κ1) is 27.0. The van der Waals surface area contributed by atoms with Crippen LogP contribution in [0.25, 0.3) is 0 Å². The molecule has 0 radical (unpaired) electrons. The molecule has 2 N–H and O–H groups in total. The molecule has 0 bridgehead atoms. The van der Waals surface area contributed by atoms with Gasteiger partial charge in [-0.25, -0.2) is 18.1 Å². The summed E-state index contributed by atoms with van der Waals surface area (Å²) in [6.07, 6.45) is 7.25. The number of carbonyl (C=O) groups is 3. The van der Waals surface area contributed by atoms with Crippen LogP contribution in [-0.2, 0) is 24.4 Å². The van der Waals surface area contributed by atoms with Crippen LogP contribution in [0.3, 0.4) is 0 Å². The quantitative estimate of drug-likeness (QED) is 0.423. The van der Waals surface area contributed by atoms with Crippen molar-refractivity contribution < 1.29 is 27.5 Å². The predicted octanol–water partition coefficient (Wildman–Crippen LogP) is 1.15. The molecule has 0 unspecified atom stereocenters. The monoisotopic (exact) mass is 570 g/mol. The summed E-state index contributed by atoms with van der Waals surface area (Å²) in [4.78, 5) is 47.9. The van der Waals surface area contributed by atoms with Gasteiger partial charge in [0, 0.05) is 19.7 Å². The van der Waals surface area contributed by atoms with Crippen LogP contribution in [0, 0.1) is 23.2 Å². The van der Waals surface area contributed by atoms with Crippen LogP contribution in [0.1, 0.15) is 57.8 Å². The van der Waals surface area contributed by atoms with Gasteiger partial charge in [0.05, 0.1) is 17.9 Å². The van der Waals surface area contributed by atoms with Crippen LogP contribution < -0.4 is 14.8 Å². The molecular weight excluding hydrogens is 536 g/mol. The Bertz CT molecular complexity index is 1370. The van der Waals surface area contributed by atoms with Gasteiger partial charge in [0.25, 0.3) is 5.91 Å². The van der Waals surface area contributed by atoms with Crippen molar-refractivity contribution in [3.8, 4) is 11.8 Å². The van der Waals surface area contributed by atoms with Gasteiger partial charge in [-0.05, 0) is 49.7 Å². The van der Waals surface area contributed by atoms with E-state index < -0.39 is 56.7 Å². The minimum atomic E-state index is -3.62. The smallest absolute Gasteiger partial charge is 0.271 e. The molecule has 12 nitrogen and oxygen atoms in total. The van der Waals surface area contributed by atoms with E-state index in [-0.39, 0.29) is 30.6 Å². The fourth-order valence-corrected chi connectivity index (χ4v) is 7.29. The summed E-state index contributed by atoms with van der Waals surface area (Å²) in [6.45, 7) is -0.146. The average molecular weight is 571 g/mol. The Morgan fingerprint density at radius 2 is 1.95 bits per heavy atom. The predicted molar refractivity (Wildman–Crippen MR) is 142 cm³/mol. The van der Waals surface area contributed by atoms with Gasteiger partial charge in [-0.1, -0.05) is 25.7 Å². The maximum atomic E-state index is 14.1. The van der Waals surface area contributed by atoms with Gasteiger partial charge >= 0.3 is 0 Å². The number of anilines is 1. The lowest BCUT2D eigenvalue weighted by Crippen LogP contribution is -2.57. The number of amides is 3. The number of ether oxygens (including phenoxy) is 1. The van der Waals surface area contributed by atoms with Gasteiger partial charge in [0.1, 0.15) is 18.1 Å². The number of likely N-dealkylation sites (N-methyl/N-ethyl adjacent to an activating group) is 1. The molecular formula is C27H34N6O6S. The van der Waals surface area contributed by atoms with Gasteiger partial charge in [-0.3, -0.25) is 14.4 Å². The Morgan fingerprint density at radius 1 is 1.25 bits per heavy atom. The number of fused-ring (bicyclic) bond motifs is 1. The average Bonchev–Trinajstić information content (AvgIpc) is 3.78. The Balaban J connectivity index is 1.23. The molecule has 3 saturated carbocycles. The van der Waals surface area contributed by atoms with E-state index in [1.807, 2.05) is 0 Å². The van der Waals surface area contributed by atoms with Gasteiger partial charge < -0.3 is 19.9 Å². The van der Waals surface area contributed by atoms with Crippen molar-refractivity contribution in [2.75, 3.05) is 18.9 Å². The Kier molecular flexibility index (Phi) is 6.73. The van der Waals surface area contributed by atoms with Crippen LogP contribution in [0.15, 0.2) is 18.3 Å². The first-order valence-corrected chi connectivity index (χ1v) is 15.6. The molecule has 3 amide bonds. The molecule has 3 heterocycles. The van der Waals surface area contributed by atoms with E-state index >= 15 is 0 Å². The number of pyridine rings is 1. The summed E-state index contributed by atoms with van der Waals surface area (Å²) in [5, 5.41) is 12.3. The van der Waals surface area contributed by atoms with Crippen LogP contribution >= 0.6 is 0 Å². The lowest BCUT2D eigenvalue weighted by molar-refractivity contribution is -0.147. The van der Waals surface area contributed by atoms with Crippen molar-refractivity contribution in [2.24, 2.45) is 11.8 Å². The summed E-state index contributed by atoms with van der Waals surface area (Å²) < 4.78 is 34.2. The van der Waals surface area contributed by atoms with Crippen LogP contribution in [0.2, 0.25) is 0 Å². The zero-order valence-electron chi connectivity index (χ0n) is 22.4. The molecule has 0 aromatic carbocycles. The second-order valence-corrected chi connectivity index (χ2v) is 13.9. The maximum absolute atomic E-state index is 14.1. The van der Waals surface area contributed by atoms with Crippen molar-refractivity contribution in [2.45, 2.75) is 86.8 Å². The lowest BCUT2D eigenvalue weighted by atomic mass is 9.97. The Labute approximate surface area is 233 Å². The molecule has 6 rings (SSSR count). The van der Waals surface area contributed by atoms with Crippen molar-refractivity contribution >= 4 is 33.6 Å². The van der Waals surface area contributed by atoms with E-state index in [1.165, 1.54) is 23.0 Å². The largest absolute Gasteiger partial charge is 0.472 e. The van der Waals surface area contributed by atoms with E-state index in [4.69, 9.17) is 4.74 Å². The topological polar surface area (TPSA) is 162 Å². The lowest BCUT2D eigenvalue weighted by Gasteiger charge is -2.35. The minimum absolute atomic E-state index is 0.0191. The third kappa shape index (κ3) is 5.26. The maximum Gasteiger partial charge on any atom is 0.271 e. The number of hydrogen-bond donors (Lipinski definition) is 2.